The number of hydrogen-bond donors (Lipinski definition) is 2. The van der Waals surface area contributed by atoms with Gasteiger partial charge in [0, 0.05) is 0 Å². The second-order valence-corrected chi connectivity index (χ2v) is 6.31. The van der Waals surface area contributed by atoms with Gasteiger partial charge in [0.05, 0.1) is 15.5 Å². The zero-order valence-electron chi connectivity index (χ0n) is 9.82. The SMILES string of the molecule is Cc1cc(C)c(O)c(C(=O)Nc2ncc(Br)s2)c1. The first kappa shape index (κ1) is 13.0. The molecule has 0 aliphatic heterocycles. The summed E-state index contributed by atoms with van der Waals surface area (Å²) in [6.45, 7) is 3.64. The normalized spacial score (nSPS) is 10.4. The topological polar surface area (TPSA) is 62.2 Å². The van der Waals surface area contributed by atoms with E-state index in [2.05, 4.69) is 26.2 Å². The molecule has 2 N–H and O–H groups in total. The number of thiazole rings is 1. The third kappa shape index (κ3) is 2.70. The number of carbonyl (C=O) groups is 1. The highest BCUT2D eigenvalue weighted by atomic mass is 79.9. The van der Waals surface area contributed by atoms with Gasteiger partial charge < -0.3 is 5.11 Å². The molecule has 0 aliphatic carbocycles. The van der Waals surface area contributed by atoms with E-state index in [9.17, 15) is 9.90 Å². The molecule has 0 saturated heterocycles. The first-order chi connectivity index (χ1) is 8.47. The molecule has 0 saturated carbocycles. The Morgan fingerprint density at radius 3 is 2.78 bits per heavy atom. The van der Waals surface area contributed by atoms with Gasteiger partial charge in [-0.1, -0.05) is 17.4 Å². The van der Waals surface area contributed by atoms with E-state index < -0.39 is 0 Å². The summed E-state index contributed by atoms with van der Waals surface area (Å²) in [6.07, 6.45) is 1.61. The van der Waals surface area contributed by atoms with Gasteiger partial charge in [0.2, 0.25) is 0 Å². The maximum Gasteiger partial charge on any atom is 0.261 e. The zero-order chi connectivity index (χ0) is 13.3. The molecule has 2 aromatic rings. The average Bonchev–Trinajstić information content (AvgIpc) is 2.69. The number of phenols is 1. The maximum absolute atomic E-state index is 12.0. The van der Waals surface area contributed by atoms with E-state index in [-0.39, 0.29) is 17.2 Å². The summed E-state index contributed by atoms with van der Waals surface area (Å²) in [5, 5.41) is 13.0. The molecule has 1 amide bonds. The number of aryl methyl sites for hydroxylation is 2. The van der Waals surface area contributed by atoms with Gasteiger partial charge in [-0.15, -0.1) is 0 Å². The second-order valence-electron chi connectivity index (χ2n) is 3.90. The smallest absolute Gasteiger partial charge is 0.261 e. The lowest BCUT2D eigenvalue weighted by molar-refractivity contribution is 0.102. The highest BCUT2D eigenvalue weighted by Gasteiger charge is 2.15. The van der Waals surface area contributed by atoms with Crippen LogP contribution in [0.5, 0.6) is 5.75 Å². The fourth-order valence-electron chi connectivity index (χ4n) is 1.61. The first-order valence-corrected chi connectivity index (χ1v) is 6.81. The number of nitrogens with zero attached hydrogens (tertiary/aromatic N) is 1. The van der Waals surface area contributed by atoms with E-state index in [1.54, 1.807) is 19.2 Å². The Hall–Kier alpha value is -1.40. The van der Waals surface area contributed by atoms with Crippen LogP contribution in [0.1, 0.15) is 21.5 Å². The number of carbonyl (C=O) groups excluding carboxylic acids is 1. The number of aromatic hydroxyl groups is 1. The molecule has 6 heteroatoms. The Balaban J connectivity index is 2.29. The van der Waals surface area contributed by atoms with E-state index in [0.29, 0.717) is 10.7 Å². The van der Waals surface area contributed by atoms with Crippen molar-refractivity contribution in [1.29, 1.82) is 0 Å². The maximum atomic E-state index is 12.0. The van der Waals surface area contributed by atoms with Gasteiger partial charge in [0.25, 0.3) is 5.91 Å². The van der Waals surface area contributed by atoms with Crippen LogP contribution in [0.4, 0.5) is 5.13 Å². The Morgan fingerprint density at radius 1 is 1.44 bits per heavy atom. The van der Waals surface area contributed by atoms with Crippen molar-refractivity contribution >= 4 is 38.3 Å². The molecule has 1 heterocycles. The fourth-order valence-corrected chi connectivity index (χ4v) is 2.71. The number of rotatable bonds is 2. The molecule has 94 valence electrons. The molecule has 1 aromatic heterocycles. The third-order valence-electron chi connectivity index (χ3n) is 2.39. The highest BCUT2D eigenvalue weighted by molar-refractivity contribution is 9.11. The number of nitrogens with one attached hydrogen (secondary N) is 1. The lowest BCUT2D eigenvalue weighted by Crippen LogP contribution is -2.12. The van der Waals surface area contributed by atoms with Crippen molar-refractivity contribution in [3.8, 4) is 5.75 Å². The van der Waals surface area contributed by atoms with Crippen molar-refractivity contribution < 1.29 is 9.90 Å². The van der Waals surface area contributed by atoms with Gasteiger partial charge in [0.1, 0.15) is 5.75 Å². The van der Waals surface area contributed by atoms with Crippen LogP contribution in [0.3, 0.4) is 0 Å². The van der Waals surface area contributed by atoms with Crippen LogP contribution in [-0.2, 0) is 0 Å². The van der Waals surface area contributed by atoms with Crippen LogP contribution in [-0.4, -0.2) is 16.0 Å². The van der Waals surface area contributed by atoms with E-state index in [1.807, 2.05) is 13.0 Å². The predicted molar refractivity (Wildman–Crippen MR) is 75.3 cm³/mol. The Labute approximate surface area is 117 Å². The number of hydrogen-bond acceptors (Lipinski definition) is 4. The number of phenolic OH excluding ortho intramolecular Hbond substituents is 1. The minimum atomic E-state index is -0.360. The summed E-state index contributed by atoms with van der Waals surface area (Å²) < 4.78 is 0.836. The van der Waals surface area contributed by atoms with Crippen LogP contribution in [0.2, 0.25) is 0 Å². The van der Waals surface area contributed by atoms with Gasteiger partial charge in [-0.25, -0.2) is 4.98 Å². The Morgan fingerprint density at radius 2 is 2.17 bits per heavy atom. The van der Waals surface area contributed by atoms with E-state index in [0.717, 1.165) is 9.35 Å². The molecular formula is C12H11BrN2O2S. The minimum Gasteiger partial charge on any atom is -0.507 e. The monoisotopic (exact) mass is 326 g/mol. The van der Waals surface area contributed by atoms with Crippen molar-refractivity contribution in [2.45, 2.75) is 13.8 Å². The summed E-state index contributed by atoms with van der Waals surface area (Å²) >= 11 is 4.59. The van der Waals surface area contributed by atoms with E-state index in [4.69, 9.17) is 0 Å². The van der Waals surface area contributed by atoms with Crippen LogP contribution < -0.4 is 5.32 Å². The lowest BCUT2D eigenvalue weighted by atomic mass is 10.1. The van der Waals surface area contributed by atoms with Gasteiger partial charge in [0.15, 0.2) is 5.13 Å². The molecular weight excluding hydrogens is 316 g/mol. The molecule has 4 nitrogen and oxygen atoms in total. The molecule has 0 unspecified atom stereocenters. The van der Waals surface area contributed by atoms with E-state index in [1.165, 1.54) is 11.3 Å². The van der Waals surface area contributed by atoms with Gasteiger partial charge in [-0.2, -0.15) is 0 Å². The molecule has 0 radical (unpaired) electrons. The summed E-state index contributed by atoms with van der Waals surface area (Å²) in [7, 11) is 0. The average molecular weight is 327 g/mol. The first-order valence-electron chi connectivity index (χ1n) is 5.20. The number of amides is 1. The van der Waals surface area contributed by atoms with Gasteiger partial charge in [-0.3, -0.25) is 10.1 Å². The Bertz CT molecular complexity index is 610. The molecule has 1 aromatic carbocycles. The van der Waals surface area contributed by atoms with Crippen molar-refractivity contribution in [3.63, 3.8) is 0 Å². The molecule has 2 rings (SSSR count). The highest BCUT2D eigenvalue weighted by Crippen LogP contribution is 2.27. The van der Waals surface area contributed by atoms with Crippen molar-refractivity contribution in [2.75, 3.05) is 5.32 Å². The summed E-state index contributed by atoms with van der Waals surface area (Å²) in [5.74, 6) is -0.352. The third-order valence-corrected chi connectivity index (χ3v) is 3.78. The van der Waals surface area contributed by atoms with Crippen LogP contribution in [0.25, 0.3) is 0 Å². The summed E-state index contributed by atoms with van der Waals surface area (Å²) in [5.41, 5.74) is 1.87. The Kier molecular flexibility index (Phi) is 3.68. The van der Waals surface area contributed by atoms with Crippen LogP contribution in [0, 0.1) is 13.8 Å². The van der Waals surface area contributed by atoms with Crippen molar-refractivity contribution in [1.82, 2.24) is 4.98 Å². The quantitative estimate of drug-likeness (QED) is 0.888. The largest absolute Gasteiger partial charge is 0.507 e. The molecule has 0 atom stereocenters. The molecule has 0 aliphatic rings. The summed E-state index contributed by atoms with van der Waals surface area (Å²) in [6, 6.07) is 3.48. The lowest BCUT2D eigenvalue weighted by Gasteiger charge is -2.08. The fraction of sp³-hybridized carbons (Fsp3) is 0.167. The number of anilines is 1. The van der Waals surface area contributed by atoms with Gasteiger partial charge >= 0.3 is 0 Å². The van der Waals surface area contributed by atoms with Crippen LogP contribution >= 0.6 is 27.3 Å². The zero-order valence-corrected chi connectivity index (χ0v) is 12.2. The molecule has 0 spiro atoms. The second kappa shape index (κ2) is 5.07. The van der Waals surface area contributed by atoms with Crippen molar-refractivity contribution in [3.05, 3.63) is 38.8 Å². The van der Waals surface area contributed by atoms with Gasteiger partial charge in [-0.05, 0) is 47.0 Å². The van der Waals surface area contributed by atoms with Crippen LogP contribution in [0.15, 0.2) is 22.1 Å². The number of halogens is 1. The number of aromatic nitrogens is 1. The van der Waals surface area contributed by atoms with E-state index >= 15 is 0 Å². The number of benzene rings is 1. The molecule has 0 fully saturated rings. The predicted octanol–water partition coefficient (Wildman–Crippen LogP) is 3.48. The standard InChI is InChI=1S/C12H11BrN2O2S/c1-6-3-7(2)10(16)8(4-6)11(17)15-12-14-5-9(13)18-12/h3-5,16H,1-2H3,(H,14,15,17). The minimum absolute atomic E-state index is 0.00808. The molecule has 0 bridgehead atoms. The van der Waals surface area contributed by atoms with Crippen molar-refractivity contribution in [2.24, 2.45) is 0 Å². The summed E-state index contributed by atoms with van der Waals surface area (Å²) in [4.78, 5) is 16.0. The molecule has 18 heavy (non-hydrogen) atoms.